The normalized spacial score (nSPS) is 11.4. The van der Waals surface area contributed by atoms with Crippen LogP contribution in [0.1, 0.15) is 21.6 Å². The van der Waals surface area contributed by atoms with Gasteiger partial charge in [-0.3, -0.25) is 14.7 Å². The zero-order valence-electron chi connectivity index (χ0n) is 14.3. The number of hydrogen-bond donors (Lipinski definition) is 4. The van der Waals surface area contributed by atoms with Crippen molar-refractivity contribution in [1.82, 2.24) is 25.5 Å². The van der Waals surface area contributed by atoms with Gasteiger partial charge in [0.2, 0.25) is 0 Å². The maximum absolute atomic E-state index is 13.3. The fourth-order valence-corrected chi connectivity index (χ4v) is 2.46. The van der Waals surface area contributed by atoms with Crippen molar-refractivity contribution in [3.63, 3.8) is 0 Å². The number of anilines is 1. The molecule has 0 spiro atoms. The lowest BCUT2D eigenvalue weighted by atomic mass is 10.1. The maximum atomic E-state index is 13.3. The second-order valence-corrected chi connectivity index (χ2v) is 5.76. The lowest BCUT2D eigenvalue weighted by Gasteiger charge is -2.11. The van der Waals surface area contributed by atoms with Crippen LogP contribution in [0.25, 0.3) is 11.0 Å². The number of benzene rings is 1. The van der Waals surface area contributed by atoms with Gasteiger partial charge in [-0.2, -0.15) is 18.3 Å². The van der Waals surface area contributed by atoms with Crippen LogP contribution in [0.15, 0.2) is 24.5 Å². The second kappa shape index (κ2) is 7.69. The molecule has 2 heterocycles. The van der Waals surface area contributed by atoms with Crippen LogP contribution in [0.2, 0.25) is 0 Å². The van der Waals surface area contributed by atoms with E-state index >= 15 is 0 Å². The molecule has 0 atom stereocenters. The molecule has 4 N–H and O–H groups in total. The van der Waals surface area contributed by atoms with E-state index in [0.717, 1.165) is 12.4 Å². The Bertz CT molecular complexity index is 1080. The standard InChI is InChI=1S/C16H12F4N6O3/c17-9-2-1-7(3-8(9)16(18,19)20)4-22-15(29)13-11-12(23-6-24-13)14(26-25-11)21-5-10(27)28/h1-3,6H,4-5H2,(H,22,29)(H,27,28)(H2,21,25,26). The monoisotopic (exact) mass is 412 g/mol. The first-order valence-corrected chi connectivity index (χ1v) is 7.95. The van der Waals surface area contributed by atoms with Gasteiger partial charge in [-0.15, -0.1) is 0 Å². The van der Waals surface area contributed by atoms with Crippen molar-refractivity contribution < 1.29 is 32.3 Å². The van der Waals surface area contributed by atoms with Crippen LogP contribution in [0.5, 0.6) is 0 Å². The summed E-state index contributed by atoms with van der Waals surface area (Å²) in [5, 5.41) is 19.9. The van der Waals surface area contributed by atoms with E-state index in [-0.39, 0.29) is 34.7 Å². The van der Waals surface area contributed by atoms with Gasteiger partial charge < -0.3 is 15.7 Å². The van der Waals surface area contributed by atoms with Crippen LogP contribution in [0.3, 0.4) is 0 Å². The maximum Gasteiger partial charge on any atom is 0.419 e. The zero-order valence-corrected chi connectivity index (χ0v) is 14.3. The third-order valence-electron chi connectivity index (χ3n) is 3.76. The highest BCUT2D eigenvalue weighted by molar-refractivity contribution is 6.04. The average molecular weight is 412 g/mol. The minimum Gasteiger partial charge on any atom is -0.480 e. The van der Waals surface area contributed by atoms with Gasteiger partial charge in [-0.25, -0.2) is 14.4 Å². The predicted molar refractivity (Wildman–Crippen MR) is 90.4 cm³/mol. The number of aromatic nitrogens is 4. The minimum atomic E-state index is -4.86. The van der Waals surface area contributed by atoms with Crippen LogP contribution in [0, 0.1) is 5.82 Å². The molecule has 29 heavy (non-hydrogen) atoms. The van der Waals surface area contributed by atoms with E-state index in [1.165, 1.54) is 0 Å². The molecular formula is C16H12F4N6O3. The fraction of sp³-hybridized carbons (Fsp3) is 0.188. The van der Waals surface area contributed by atoms with E-state index in [9.17, 15) is 27.2 Å². The molecule has 0 bridgehead atoms. The SMILES string of the molecule is O=C(O)CNc1n[nH]c2c(C(=O)NCc3ccc(F)c(C(F)(F)F)c3)ncnc12. The predicted octanol–water partition coefficient (Wildman–Crippen LogP) is 1.94. The number of fused-ring (bicyclic) bond motifs is 1. The first-order chi connectivity index (χ1) is 13.7. The van der Waals surface area contributed by atoms with Crippen molar-refractivity contribution in [3.05, 3.63) is 47.2 Å². The van der Waals surface area contributed by atoms with Gasteiger partial charge in [0.1, 0.15) is 29.7 Å². The molecule has 0 aliphatic rings. The Morgan fingerprint density at radius 2 is 1.97 bits per heavy atom. The number of alkyl halides is 3. The lowest BCUT2D eigenvalue weighted by molar-refractivity contribution is -0.140. The Balaban J connectivity index is 1.78. The molecule has 0 radical (unpaired) electrons. The molecule has 9 nitrogen and oxygen atoms in total. The van der Waals surface area contributed by atoms with Gasteiger partial charge in [-0.05, 0) is 17.7 Å². The summed E-state index contributed by atoms with van der Waals surface area (Å²) in [4.78, 5) is 30.8. The smallest absolute Gasteiger partial charge is 0.419 e. The van der Waals surface area contributed by atoms with Crippen LogP contribution in [0.4, 0.5) is 23.4 Å². The molecule has 3 rings (SSSR count). The van der Waals surface area contributed by atoms with E-state index < -0.39 is 36.0 Å². The first-order valence-electron chi connectivity index (χ1n) is 7.95. The topological polar surface area (TPSA) is 133 Å². The number of aromatic amines is 1. The summed E-state index contributed by atoms with van der Waals surface area (Å²) >= 11 is 0. The van der Waals surface area contributed by atoms with Gasteiger partial charge in [0.15, 0.2) is 11.5 Å². The fourth-order valence-electron chi connectivity index (χ4n) is 2.46. The zero-order chi connectivity index (χ0) is 21.2. The van der Waals surface area contributed by atoms with Crippen molar-refractivity contribution >= 4 is 28.7 Å². The minimum absolute atomic E-state index is 0.0331. The summed E-state index contributed by atoms with van der Waals surface area (Å²) < 4.78 is 51.7. The van der Waals surface area contributed by atoms with E-state index in [1.54, 1.807) is 0 Å². The summed E-state index contributed by atoms with van der Waals surface area (Å²) in [6.45, 7) is -0.746. The number of nitrogens with zero attached hydrogens (tertiary/aromatic N) is 3. The Morgan fingerprint density at radius 1 is 1.21 bits per heavy atom. The van der Waals surface area contributed by atoms with Crippen molar-refractivity contribution in [3.8, 4) is 0 Å². The molecule has 13 heteroatoms. The van der Waals surface area contributed by atoms with E-state index in [2.05, 4.69) is 30.8 Å². The number of hydrogen-bond acceptors (Lipinski definition) is 6. The Morgan fingerprint density at radius 3 is 2.66 bits per heavy atom. The summed E-state index contributed by atoms with van der Waals surface area (Å²) in [6.07, 6.45) is -3.81. The molecule has 0 unspecified atom stereocenters. The van der Waals surface area contributed by atoms with Gasteiger partial charge in [0.25, 0.3) is 5.91 Å². The number of H-pyrrole nitrogens is 1. The molecule has 0 aliphatic heterocycles. The molecule has 0 aliphatic carbocycles. The number of carboxylic acid groups (broad SMARTS) is 1. The number of amides is 1. The quantitative estimate of drug-likeness (QED) is 0.455. The Labute approximate surface area is 159 Å². The van der Waals surface area contributed by atoms with Crippen molar-refractivity contribution in [2.24, 2.45) is 0 Å². The molecule has 0 saturated heterocycles. The van der Waals surface area contributed by atoms with Crippen molar-refractivity contribution in [2.75, 3.05) is 11.9 Å². The molecule has 1 amide bonds. The highest BCUT2D eigenvalue weighted by Gasteiger charge is 2.34. The number of carbonyl (C=O) groups excluding carboxylic acids is 1. The number of halogens is 4. The van der Waals surface area contributed by atoms with Crippen LogP contribution >= 0.6 is 0 Å². The van der Waals surface area contributed by atoms with Gasteiger partial charge in [-0.1, -0.05) is 6.07 Å². The highest BCUT2D eigenvalue weighted by atomic mass is 19.4. The largest absolute Gasteiger partial charge is 0.480 e. The summed E-state index contributed by atoms with van der Waals surface area (Å²) in [7, 11) is 0. The molecule has 3 aromatic rings. The van der Waals surface area contributed by atoms with E-state index in [0.29, 0.717) is 12.1 Å². The third-order valence-corrected chi connectivity index (χ3v) is 3.76. The molecule has 0 saturated carbocycles. The lowest BCUT2D eigenvalue weighted by Crippen LogP contribution is -2.24. The molecular weight excluding hydrogens is 400 g/mol. The number of rotatable bonds is 6. The number of nitrogens with one attached hydrogen (secondary N) is 3. The summed E-state index contributed by atoms with van der Waals surface area (Å²) in [6, 6.07) is 2.39. The second-order valence-electron chi connectivity index (χ2n) is 5.76. The van der Waals surface area contributed by atoms with Gasteiger partial charge in [0.05, 0.1) is 5.56 Å². The van der Waals surface area contributed by atoms with Crippen LogP contribution < -0.4 is 10.6 Å². The van der Waals surface area contributed by atoms with Crippen molar-refractivity contribution in [1.29, 1.82) is 0 Å². The van der Waals surface area contributed by atoms with E-state index in [1.807, 2.05) is 0 Å². The first kappa shape index (κ1) is 20.0. The average Bonchev–Trinajstić information content (AvgIpc) is 3.07. The Hall–Kier alpha value is -3.77. The summed E-state index contributed by atoms with van der Waals surface area (Å²) in [5.74, 6) is -3.20. The van der Waals surface area contributed by atoms with Crippen molar-refractivity contribution in [2.45, 2.75) is 12.7 Å². The number of aliphatic carboxylic acids is 1. The molecule has 2 aromatic heterocycles. The highest BCUT2D eigenvalue weighted by Crippen LogP contribution is 2.31. The molecule has 152 valence electrons. The van der Waals surface area contributed by atoms with Gasteiger partial charge in [0, 0.05) is 6.54 Å². The summed E-state index contributed by atoms with van der Waals surface area (Å²) in [5.41, 5.74) is -1.29. The number of carbonyl (C=O) groups is 2. The molecule has 1 aromatic carbocycles. The van der Waals surface area contributed by atoms with E-state index in [4.69, 9.17) is 5.11 Å². The van der Waals surface area contributed by atoms with Crippen LogP contribution in [-0.2, 0) is 17.5 Å². The molecule has 0 fully saturated rings. The number of carboxylic acids is 1. The third kappa shape index (κ3) is 4.39. The van der Waals surface area contributed by atoms with Gasteiger partial charge >= 0.3 is 12.1 Å². The van der Waals surface area contributed by atoms with Crippen LogP contribution in [-0.4, -0.2) is 43.7 Å². The Kier molecular flexibility index (Phi) is 5.30.